The maximum atomic E-state index is 2.49. The number of rotatable bonds is 3. The minimum atomic E-state index is -0.169. The molecule has 3 heteroatoms. The Labute approximate surface area is 368 Å². The third-order valence-corrected chi connectivity index (χ3v) is 14.5. The first-order valence-corrected chi connectivity index (χ1v) is 22.2. The molecule has 0 saturated carbocycles. The molecule has 0 spiro atoms. The summed E-state index contributed by atoms with van der Waals surface area (Å²) in [6.07, 6.45) is 0. The summed E-state index contributed by atoms with van der Waals surface area (Å²) in [7, 11) is 0. The van der Waals surface area contributed by atoms with Crippen molar-refractivity contribution in [1.82, 2.24) is 4.57 Å². The van der Waals surface area contributed by atoms with Gasteiger partial charge in [-0.3, -0.25) is 0 Å². The molecular weight excluding hydrogens is 763 g/mol. The molecule has 0 saturated heterocycles. The minimum Gasteiger partial charge on any atom is -0.310 e. The lowest BCUT2D eigenvalue weighted by Gasteiger charge is -2.30. The average Bonchev–Trinajstić information content (AvgIpc) is 3.86. The second kappa shape index (κ2) is 13.0. The Morgan fingerprint density at radius 1 is 0.317 bits per heavy atom. The molecule has 3 aliphatic rings. The van der Waals surface area contributed by atoms with Crippen LogP contribution in [0.2, 0.25) is 0 Å². The first-order chi connectivity index (χ1) is 30.8. The SMILES string of the molecule is CC1(C)c2ccc3cc2-c2cc(ccc21)N(c1cccc2c1c1ccccc1n2-c1ccccc1)c1cccc(c1)-c1cccc(c1)N3c1ccc2c(c1)C(C)(C)c1ccccc1-2. The molecule has 300 valence electrons. The van der Waals surface area contributed by atoms with Crippen molar-refractivity contribution in [3.63, 3.8) is 0 Å². The zero-order chi connectivity index (χ0) is 42.2. The summed E-state index contributed by atoms with van der Waals surface area (Å²) in [6.45, 7) is 9.50. The molecule has 1 aliphatic heterocycles. The van der Waals surface area contributed by atoms with Crippen LogP contribution in [0.4, 0.5) is 34.1 Å². The summed E-state index contributed by atoms with van der Waals surface area (Å²) in [6, 6.07) is 75.1. The zero-order valence-corrected chi connectivity index (χ0v) is 35.9. The molecule has 0 amide bonds. The summed E-state index contributed by atoms with van der Waals surface area (Å²) in [5, 5.41) is 2.46. The Bertz CT molecular complexity index is 3530. The molecule has 8 bridgehead atoms. The van der Waals surface area contributed by atoms with E-state index in [1.54, 1.807) is 0 Å². The first kappa shape index (κ1) is 36.1. The molecule has 0 fully saturated rings. The van der Waals surface area contributed by atoms with E-state index in [1.807, 2.05) is 0 Å². The van der Waals surface area contributed by atoms with Gasteiger partial charge in [-0.05, 0) is 147 Å². The Morgan fingerprint density at radius 2 is 0.825 bits per heavy atom. The summed E-state index contributed by atoms with van der Waals surface area (Å²) in [4.78, 5) is 4.97. The standard InChI is InChI=1S/C60H45N3/c1-59(2)52-31-28-43-35-49(52)50-36-44(29-32-53(50)59)62(56-25-14-26-57-58(56)48-22-9-11-24-55(48)63(57)40-17-6-5-7-18-40)42-20-13-16-39(34-42)38-15-12-19-41(33-38)61(43)45-27-30-47-46-21-8-10-23-51(46)60(3,4)54(47)37-45/h5-37H,1-4H3. The van der Waals surface area contributed by atoms with Crippen molar-refractivity contribution >= 4 is 55.9 Å². The van der Waals surface area contributed by atoms with Gasteiger partial charge in [-0.25, -0.2) is 0 Å². The van der Waals surface area contributed by atoms with E-state index in [-0.39, 0.29) is 10.8 Å². The van der Waals surface area contributed by atoms with Crippen LogP contribution in [-0.4, -0.2) is 4.57 Å². The fourth-order valence-electron chi connectivity index (χ4n) is 11.4. The minimum absolute atomic E-state index is 0.114. The lowest BCUT2D eigenvalue weighted by molar-refractivity contribution is 0.660. The van der Waals surface area contributed by atoms with Crippen LogP contribution in [0.5, 0.6) is 0 Å². The first-order valence-electron chi connectivity index (χ1n) is 22.2. The number of hydrogen-bond acceptors (Lipinski definition) is 2. The third-order valence-electron chi connectivity index (χ3n) is 14.5. The van der Waals surface area contributed by atoms with Crippen molar-refractivity contribution in [3.8, 4) is 39.1 Å². The van der Waals surface area contributed by atoms with Crippen LogP contribution in [0.25, 0.3) is 60.9 Å². The van der Waals surface area contributed by atoms with E-state index >= 15 is 0 Å². The highest BCUT2D eigenvalue weighted by atomic mass is 15.2. The second-order valence-electron chi connectivity index (χ2n) is 18.6. The normalized spacial score (nSPS) is 14.9. The van der Waals surface area contributed by atoms with Gasteiger partial charge in [0.1, 0.15) is 0 Å². The number of para-hydroxylation sites is 2. The van der Waals surface area contributed by atoms with Gasteiger partial charge in [0.15, 0.2) is 0 Å². The number of fused-ring (bicyclic) bond motifs is 13. The van der Waals surface area contributed by atoms with E-state index < -0.39 is 0 Å². The van der Waals surface area contributed by atoms with Crippen LogP contribution in [-0.2, 0) is 10.8 Å². The van der Waals surface area contributed by atoms with Gasteiger partial charge in [0.05, 0.1) is 16.7 Å². The van der Waals surface area contributed by atoms with Gasteiger partial charge in [-0.15, -0.1) is 0 Å². The van der Waals surface area contributed by atoms with Crippen LogP contribution in [0, 0.1) is 0 Å². The van der Waals surface area contributed by atoms with Gasteiger partial charge in [0.25, 0.3) is 0 Å². The summed E-state index contributed by atoms with van der Waals surface area (Å²) in [5.74, 6) is 0. The highest BCUT2D eigenvalue weighted by Gasteiger charge is 2.38. The largest absolute Gasteiger partial charge is 0.310 e. The van der Waals surface area contributed by atoms with Crippen LogP contribution >= 0.6 is 0 Å². The van der Waals surface area contributed by atoms with Crippen LogP contribution in [0.1, 0.15) is 49.9 Å². The molecule has 0 radical (unpaired) electrons. The van der Waals surface area contributed by atoms with Crippen molar-refractivity contribution in [2.24, 2.45) is 0 Å². The van der Waals surface area contributed by atoms with Crippen molar-refractivity contribution < 1.29 is 0 Å². The fraction of sp³-hybridized carbons (Fsp3) is 0.100. The molecule has 0 unspecified atom stereocenters. The predicted octanol–water partition coefficient (Wildman–Crippen LogP) is 16.3. The highest BCUT2D eigenvalue weighted by molar-refractivity contribution is 6.16. The number of anilines is 6. The molecular formula is C60H45N3. The van der Waals surface area contributed by atoms with Gasteiger partial charge in [0.2, 0.25) is 0 Å². The molecule has 1 aromatic heterocycles. The highest BCUT2D eigenvalue weighted by Crippen LogP contribution is 2.55. The molecule has 0 N–H and O–H groups in total. The van der Waals surface area contributed by atoms with E-state index in [1.165, 1.54) is 77.4 Å². The van der Waals surface area contributed by atoms with Crippen molar-refractivity contribution in [3.05, 3.63) is 222 Å². The van der Waals surface area contributed by atoms with Gasteiger partial charge in [-0.1, -0.05) is 137 Å². The van der Waals surface area contributed by atoms with E-state index in [0.717, 1.165) is 39.8 Å². The van der Waals surface area contributed by atoms with E-state index in [9.17, 15) is 0 Å². The van der Waals surface area contributed by atoms with E-state index in [0.29, 0.717) is 0 Å². The molecule has 3 nitrogen and oxygen atoms in total. The van der Waals surface area contributed by atoms with Gasteiger partial charge < -0.3 is 14.4 Å². The summed E-state index contributed by atoms with van der Waals surface area (Å²) >= 11 is 0. The van der Waals surface area contributed by atoms with Crippen molar-refractivity contribution in [2.45, 2.75) is 38.5 Å². The average molecular weight is 808 g/mol. The maximum Gasteiger partial charge on any atom is 0.0562 e. The van der Waals surface area contributed by atoms with E-state index in [4.69, 9.17) is 0 Å². The lowest BCUT2D eigenvalue weighted by atomic mass is 9.82. The molecule has 9 aromatic carbocycles. The Morgan fingerprint density at radius 3 is 1.57 bits per heavy atom. The monoisotopic (exact) mass is 807 g/mol. The molecule has 63 heavy (non-hydrogen) atoms. The third kappa shape index (κ3) is 5.08. The zero-order valence-electron chi connectivity index (χ0n) is 35.9. The Balaban J connectivity index is 1.07. The smallest absolute Gasteiger partial charge is 0.0562 e. The molecule has 0 atom stereocenters. The topological polar surface area (TPSA) is 11.4 Å². The number of hydrogen-bond donors (Lipinski definition) is 0. The van der Waals surface area contributed by atoms with Crippen LogP contribution in [0.3, 0.4) is 0 Å². The van der Waals surface area contributed by atoms with E-state index in [2.05, 4.69) is 242 Å². The van der Waals surface area contributed by atoms with Crippen molar-refractivity contribution in [1.29, 1.82) is 0 Å². The summed E-state index contributed by atoms with van der Waals surface area (Å²) < 4.78 is 2.41. The molecule has 13 rings (SSSR count). The molecule has 2 heterocycles. The van der Waals surface area contributed by atoms with Gasteiger partial charge >= 0.3 is 0 Å². The fourth-order valence-corrected chi connectivity index (χ4v) is 11.4. The second-order valence-corrected chi connectivity index (χ2v) is 18.6. The number of benzene rings is 9. The summed E-state index contributed by atoms with van der Waals surface area (Å²) in [5.41, 5.74) is 23.1. The van der Waals surface area contributed by atoms with Gasteiger partial charge in [0, 0.05) is 55.7 Å². The molecule has 10 aromatic rings. The van der Waals surface area contributed by atoms with Crippen molar-refractivity contribution in [2.75, 3.05) is 9.80 Å². The Hall–Kier alpha value is -7.62. The van der Waals surface area contributed by atoms with Crippen LogP contribution < -0.4 is 9.80 Å². The lowest BCUT2D eigenvalue weighted by Crippen LogP contribution is -2.17. The quantitative estimate of drug-likeness (QED) is 0.176. The van der Waals surface area contributed by atoms with Crippen LogP contribution in [0.15, 0.2) is 200 Å². The predicted molar refractivity (Wildman–Crippen MR) is 264 cm³/mol. The Kier molecular flexibility index (Phi) is 7.42. The maximum absolute atomic E-state index is 2.49. The number of nitrogens with zero attached hydrogens (tertiary/aromatic N) is 3. The van der Waals surface area contributed by atoms with Gasteiger partial charge in [-0.2, -0.15) is 0 Å². The number of aromatic nitrogens is 1. The molecule has 2 aliphatic carbocycles.